The number of pyridine rings is 1. The molecule has 2 aromatic heterocycles. The van der Waals surface area contributed by atoms with Crippen molar-refractivity contribution < 1.29 is 19.8 Å². The summed E-state index contributed by atoms with van der Waals surface area (Å²) in [6.07, 6.45) is 3.38. The fourth-order valence-corrected chi connectivity index (χ4v) is 1.02. The third-order valence-corrected chi connectivity index (χ3v) is 1.73. The molecular formula is C10H7N3O4. The van der Waals surface area contributed by atoms with Gasteiger partial charge in [-0.2, -0.15) is 10.4 Å². The van der Waals surface area contributed by atoms with Crippen molar-refractivity contribution in [3.05, 3.63) is 36.2 Å². The van der Waals surface area contributed by atoms with Gasteiger partial charge >= 0.3 is 11.9 Å². The summed E-state index contributed by atoms with van der Waals surface area (Å²) in [6, 6.07) is 7.70. The van der Waals surface area contributed by atoms with E-state index in [0.29, 0.717) is 5.56 Å². The molecule has 0 saturated heterocycles. The van der Waals surface area contributed by atoms with E-state index >= 15 is 0 Å². The number of carboxylic acid groups (broad SMARTS) is 2. The number of nitrogens with zero attached hydrogens (tertiary/aromatic N) is 3. The number of nitriles is 1. The monoisotopic (exact) mass is 233 g/mol. The average molecular weight is 233 g/mol. The fourth-order valence-electron chi connectivity index (χ4n) is 1.02. The topological polar surface area (TPSA) is 116 Å². The van der Waals surface area contributed by atoms with Crippen LogP contribution >= 0.6 is 0 Å². The highest BCUT2D eigenvalue weighted by molar-refractivity contribution is 6.27. The van der Waals surface area contributed by atoms with Gasteiger partial charge in [-0.05, 0) is 12.1 Å². The van der Waals surface area contributed by atoms with Crippen LogP contribution in [-0.4, -0.2) is 31.8 Å². The predicted molar refractivity (Wildman–Crippen MR) is 55.2 cm³/mol. The lowest BCUT2D eigenvalue weighted by atomic mass is 10.3. The lowest BCUT2D eigenvalue weighted by Crippen LogP contribution is -2.09. The third-order valence-electron chi connectivity index (χ3n) is 1.73. The highest BCUT2D eigenvalue weighted by Gasteiger charge is 2.04. The number of hydrogen-bond acceptors (Lipinski definition) is 4. The summed E-state index contributed by atoms with van der Waals surface area (Å²) in [5.74, 6) is -3.65. The van der Waals surface area contributed by atoms with Gasteiger partial charge in [0.25, 0.3) is 0 Å². The molecule has 0 aliphatic carbocycles. The zero-order chi connectivity index (χ0) is 12.8. The van der Waals surface area contributed by atoms with Crippen LogP contribution in [0.15, 0.2) is 30.6 Å². The van der Waals surface area contributed by atoms with Crippen molar-refractivity contribution in [1.29, 1.82) is 5.26 Å². The number of hydrogen-bond donors (Lipinski definition) is 2. The number of carboxylic acids is 2. The van der Waals surface area contributed by atoms with Crippen molar-refractivity contribution in [2.45, 2.75) is 0 Å². The first kappa shape index (κ1) is 12.2. The van der Waals surface area contributed by atoms with Gasteiger partial charge in [0, 0.05) is 6.20 Å². The molecule has 0 aliphatic rings. The van der Waals surface area contributed by atoms with E-state index in [1.165, 1.54) is 0 Å². The maximum Gasteiger partial charge on any atom is 0.414 e. The van der Waals surface area contributed by atoms with Crippen LogP contribution < -0.4 is 0 Å². The summed E-state index contributed by atoms with van der Waals surface area (Å²) in [4.78, 5) is 18.2. The van der Waals surface area contributed by atoms with E-state index in [0.717, 1.165) is 5.52 Å². The average Bonchev–Trinajstić information content (AvgIpc) is 2.72. The maximum atomic E-state index is 9.10. The molecular weight excluding hydrogens is 226 g/mol. The molecule has 0 spiro atoms. The minimum atomic E-state index is -1.82. The van der Waals surface area contributed by atoms with E-state index < -0.39 is 11.9 Å². The lowest BCUT2D eigenvalue weighted by molar-refractivity contribution is -0.159. The van der Waals surface area contributed by atoms with Crippen molar-refractivity contribution in [2.75, 3.05) is 0 Å². The van der Waals surface area contributed by atoms with Crippen molar-refractivity contribution in [1.82, 2.24) is 9.61 Å². The van der Waals surface area contributed by atoms with E-state index in [1.54, 1.807) is 10.7 Å². The Morgan fingerprint density at radius 1 is 1.29 bits per heavy atom. The molecule has 2 N–H and O–H groups in total. The molecule has 0 saturated carbocycles. The summed E-state index contributed by atoms with van der Waals surface area (Å²) >= 11 is 0. The quantitative estimate of drug-likeness (QED) is 0.634. The van der Waals surface area contributed by atoms with Gasteiger partial charge < -0.3 is 10.2 Å². The standard InChI is InChI=1S/C8H5N3.C2H2O4/c9-5-7-6-10-11-4-2-1-3-8(7)11;3-1(4)2(5)6/h1-4,6H;(H,3,4)(H,5,6). The summed E-state index contributed by atoms with van der Waals surface area (Å²) < 4.78 is 1.68. The van der Waals surface area contributed by atoms with E-state index in [4.69, 9.17) is 25.1 Å². The van der Waals surface area contributed by atoms with Crippen LogP contribution in [0.5, 0.6) is 0 Å². The number of fused-ring (bicyclic) bond motifs is 1. The second-order valence-electron chi connectivity index (χ2n) is 2.81. The van der Waals surface area contributed by atoms with Gasteiger partial charge in [0.1, 0.15) is 6.07 Å². The molecule has 7 nitrogen and oxygen atoms in total. The molecule has 0 atom stereocenters. The molecule has 2 aromatic rings. The highest BCUT2D eigenvalue weighted by atomic mass is 16.4. The number of aromatic nitrogens is 2. The first-order chi connectivity index (χ1) is 8.06. The largest absolute Gasteiger partial charge is 0.473 e. The van der Waals surface area contributed by atoms with Crippen LogP contribution in [0.25, 0.3) is 5.52 Å². The molecule has 2 rings (SSSR count). The molecule has 0 aromatic carbocycles. The van der Waals surface area contributed by atoms with Crippen LogP contribution in [0.3, 0.4) is 0 Å². The van der Waals surface area contributed by atoms with Gasteiger partial charge in [-0.15, -0.1) is 0 Å². The highest BCUT2D eigenvalue weighted by Crippen LogP contribution is 2.06. The Balaban J connectivity index is 0.000000209. The normalized spacial score (nSPS) is 8.88. The van der Waals surface area contributed by atoms with Crippen molar-refractivity contribution in [3.63, 3.8) is 0 Å². The van der Waals surface area contributed by atoms with Crippen molar-refractivity contribution in [2.24, 2.45) is 0 Å². The Morgan fingerprint density at radius 2 is 1.94 bits per heavy atom. The summed E-state index contributed by atoms with van der Waals surface area (Å²) in [7, 11) is 0. The molecule has 2 heterocycles. The number of aliphatic carboxylic acids is 2. The first-order valence-corrected chi connectivity index (χ1v) is 4.35. The van der Waals surface area contributed by atoms with Gasteiger partial charge in [0.15, 0.2) is 0 Å². The Hall–Kier alpha value is -2.88. The van der Waals surface area contributed by atoms with E-state index in [-0.39, 0.29) is 0 Å². The van der Waals surface area contributed by atoms with Gasteiger partial charge in [0.2, 0.25) is 0 Å². The predicted octanol–water partition coefficient (Wildman–Crippen LogP) is 0.362. The Morgan fingerprint density at radius 3 is 2.47 bits per heavy atom. The molecule has 7 heteroatoms. The van der Waals surface area contributed by atoms with Crippen LogP contribution in [-0.2, 0) is 9.59 Å². The van der Waals surface area contributed by atoms with Crippen LogP contribution in [0.1, 0.15) is 5.56 Å². The molecule has 17 heavy (non-hydrogen) atoms. The Bertz CT molecular complexity index is 585. The number of carbonyl (C=O) groups is 2. The molecule has 0 fully saturated rings. The van der Waals surface area contributed by atoms with Crippen LogP contribution in [0.4, 0.5) is 0 Å². The molecule has 0 bridgehead atoms. The maximum absolute atomic E-state index is 9.10. The van der Waals surface area contributed by atoms with Gasteiger partial charge in [-0.25, -0.2) is 14.1 Å². The van der Waals surface area contributed by atoms with Gasteiger partial charge in [-0.1, -0.05) is 6.07 Å². The first-order valence-electron chi connectivity index (χ1n) is 4.35. The van der Waals surface area contributed by atoms with E-state index in [2.05, 4.69) is 11.2 Å². The zero-order valence-corrected chi connectivity index (χ0v) is 8.44. The van der Waals surface area contributed by atoms with Crippen LogP contribution in [0, 0.1) is 11.3 Å². The summed E-state index contributed by atoms with van der Waals surface area (Å²) in [6.45, 7) is 0. The van der Waals surface area contributed by atoms with Crippen molar-refractivity contribution >= 4 is 17.5 Å². The molecule has 86 valence electrons. The Kier molecular flexibility index (Phi) is 3.78. The molecule has 0 unspecified atom stereocenters. The minimum absolute atomic E-state index is 0.616. The van der Waals surface area contributed by atoms with Crippen molar-refractivity contribution in [3.8, 4) is 6.07 Å². The SMILES string of the molecule is N#Cc1cnn2ccccc12.O=C(O)C(=O)O. The Labute approximate surface area is 95.1 Å². The van der Waals surface area contributed by atoms with Gasteiger partial charge in [0.05, 0.1) is 17.3 Å². The summed E-state index contributed by atoms with van der Waals surface area (Å²) in [5.41, 5.74) is 1.47. The molecule has 0 aliphatic heterocycles. The fraction of sp³-hybridized carbons (Fsp3) is 0. The molecule has 0 radical (unpaired) electrons. The van der Waals surface area contributed by atoms with E-state index in [9.17, 15) is 0 Å². The minimum Gasteiger partial charge on any atom is -0.473 e. The summed E-state index contributed by atoms with van der Waals surface area (Å²) in [5, 5.41) is 27.4. The second kappa shape index (κ2) is 5.27. The van der Waals surface area contributed by atoms with Gasteiger partial charge in [-0.3, -0.25) is 0 Å². The zero-order valence-electron chi connectivity index (χ0n) is 8.44. The second-order valence-corrected chi connectivity index (χ2v) is 2.81. The smallest absolute Gasteiger partial charge is 0.414 e. The molecule has 0 amide bonds. The number of rotatable bonds is 0. The third kappa shape index (κ3) is 3.04. The van der Waals surface area contributed by atoms with Crippen LogP contribution in [0.2, 0.25) is 0 Å². The lowest BCUT2D eigenvalue weighted by Gasteiger charge is -1.88. The van der Waals surface area contributed by atoms with E-state index in [1.807, 2.05) is 24.4 Å².